The van der Waals surface area contributed by atoms with Crippen molar-refractivity contribution < 1.29 is 14.3 Å². The number of fused-ring (bicyclic) bond motifs is 4. The third kappa shape index (κ3) is 2.58. The van der Waals surface area contributed by atoms with Gasteiger partial charge in [-0.3, -0.25) is 4.79 Å². The van der Waals surface area contributed by atoms with Gasteiger partial charge in [0.1, 0.15) is 11.5 Å². The third-order valence-electron chi connectivity index (χ3n) is 7.23. The highest BCUT2D eigenvalue weighted by atomic mass is 16.5. The van der Waals surface area contributed by atoms with Crippen LogP contribution in [-0.2, 0) is 4.79 Å². The van der Waals surface area contributed by atoms with Crippen molar-refractivity contribution in [2.24, 2.45) is 0 Å². The number of benzene rings is 3. The molecule has 0 aliphatic carbocycles. The van der Waals surface area contributed by atoms with Crippen LogP contribution in [-0.4, -0.2) is 17.6 Å². The molecule has 34 heavy (non-hydrogen) atoms. The maximum Gasteiger partial charge on any atom is 0.320 e. The lowest BCUT2D eigenvalue weighted by molar-refractivity contribution is -0.134. The van der Waals surface area contributed by atoms with E-state index in [9.17, 15) is 4.79 Å². The molecule has 7 rings (SSSR count). The van der Waals surface area contributed by atoms with Gasteiger partial charge in [0, 0.05) is 56.3 Å². The molecule has 1 aromatic heterocycles. The summed E-state index contributed by atoms with van der Waals surface area (Å²) in [5, 5.41) is 6.45. The second-order valence-electron chi connectivity index (χ2n) is 9.10. The number of anilines is 1. The van der Waals surface area contributed by atoms with E-state index in [-0.39, 0.29) is 11.9 Å². The quantitative estimate of drug-likeness (QED) is 0.338. The number of ether oxygens (including phenoxy) is 2. The number of carbonyl (C=O) groups is 1. The molecule has 0 bridgehead atoms. The van der Waals surface area contributed by atoms with Gasteiger partial charge in [-0.1, -0.05) is 49.6 Å². The van der Waals surface area contributed by atoms with Crippen LogP contribution in [0.4, 0.5) is 5.69 Å². The average Bonchev–Trinajstić information content (AvgIpc) is 3.45. The van der Waals surface area contributed by atoms with E-state index in [1.165, 1.54) is 0 Å². The number of rotatable bonds is 1. The molecule has 0 radical (unpaired) electrons. The Balaban J connectivity index is 1.42. The number of hydrogen-bond donors (Lipinski definition) is 2. The molecule has 3 aromatic carbocycles. The zero-order chi connectivity index (χ0) is 23.0. The smallest absolute Gasteiger partial charge is 0.320 e. The summed E-state index contributed by atoms with van der Waals surface area (Å²) < 4.78 is 12.0. The van der Waals surface area contributed by atoms with Gasteiger partial charge in [0.2, 0.25) is 0 Å². The Bertz CT molecular complexity index is 1660. The summed E-state index contributed by atoms with van der Waals surface area (Å²) in [7, 11) is 0. The minimum atomic E-state index is -0.464. The summed E-state index contributed by atoms with van der Waals surface area (Å²) in [4.78, 5) is 16.6. The summed E-state index contributed by atoms with van der Waals surface area (Å²) in [6.07, 6.45) is 0.754. The lowest BCUT2D eigenvalue weighted by atomic mass is 9.81. The van der Waals surface area contributed by atoms with E-state index in [1.54, 1.807) is 0 Å². The third-order valence-corrected chi connectivity index (χ3v) is 7.23. The van der Waals surface area contributed by atoms with Crippen LogP contribution in [0.1, 0.15) is 34.9 Å². The van der Waals surface area contributed by atoms with E-state index >= 15 is 0 Å². The lowest BCUT2D eigenvalue weighted by Crippen LogP contribution is -2.27. The van der Waals surface area contributed by atoms with Crippen LogP contribution < -0.4 is 25.4 Å². The van der Waals surface area contributed by atoms with Gasteiger partial charge in [0.15, 0.2) is 0 Å². The highest BCUT2D eigenvalue weighted by molar-refractivity contribution is 5.92. The summed E-state index contributed by atoms with van der Waals surface area (Å²) in [5.41, 5.74) is 6.88. The Kier molecular flexibility index (Phi) is 3.89. The highest BCUT2D eigenvalue weighted by Crippen LogP contribution is 2.53. The van der Waals surface area contributed by atoms with Crippen molar-refractivity contribution in [3.8, 4) is 11.5 Å². The molecule has 0 saturated heterocycles. The molecule has 166 valence electrons. The number of para-hydroxylation sites is 2. The zero-order valence-electron chi connectivity index (χ0n) is 18.5. The predicted molar refractivity (Wildman–Crippen MR) is 132 cm³/mol. The largest absolute Gasteiger partial charge is 0.493 e. The fourth-order valence-electron chi connectivity index (χ4n) is 5.78. The van der Waals surface area contributed by atoms with Crippen LogP contribution in [0.5, 0.6) is 11.5 Å². The van der Waals surface area contributed by atoms with E-state index in [4.69, 9.17) is 9.47 Å². The molecule has 5 nitrogen and oxygen atoms in total. The SMILES string of the molecule is C=C1Nc2ccccc2C1C1C(=O)Oc2cc3c(cc21)OCC/C3=c1\c(=C)[nH]c2ccccc12. The molecule has 0 amide bonds. The van der Waals surface area contributed by atoms with E-state index < -0.39 is 5.92 Å². The molecule has 0 spiro atoms. The molecule has 0 saturated carbocycles. The highest BCUT2D eigenvalue weighted by Gasteiger charge is 2.45. The topological polar surface area (TPSA) is 63.4 Å². The predicted octanol–water partition coefficient (Wildman–Crippen LogP) is 4.29. The number of hydrogen-bond acceptors (Lipinski definition) is 4. The first kappa shape index (κ1) is 19.2. The van der Waals surface area contributed by atoms with Crippen LogP contribution in [0.2, 0.25) is 0 Å². The Morgan fingerprint density at radius 1 is 0.912 bits per heavy atom. The number of aromatic nitrogens is 1. The fourth-order valence-corrected chi connectivity index (χ4v) is 5.78. The number of carbonyl (C=O) groups excluding carboxylic acids is 1. The second kappa shape index (κ2) is 6.87. The second-order valence-corrected chi connectivity index (χ2v) is 9.10. The molecule has 5 heteroatoms. The molecule has 2 unspecified atom stereocenters. The van der Waals surface area contributed by atoms with E-state index in [0.717, 1.165) is 67.3 Å². The Labute approximate surface area is 196 Å². The van der Waals surface area contributed by atoms with Crippen molar-refractivity contribution in [1.29, 1.82) is 0 Å². The number of esters is 1. The van der Waals surface area contributed by atoms with E-state index in [1.807, 2.05) is 48.5 Å². The summed E-state index contributed by atoms with van der Waals surface area (Å²) >= 11 is 0. The maximum absolute atomic E-state index is 13.2. The monoisotopic (exact) mass is 446 g/mol. The van der Waals surface area contributed by atoms with E-state index in [2.05, 4.69) is 35.6 Å². The molecule has 0 fully saturated rings. The normalized spacial score (nSPS) is 22.0. The molecule has 2 atom stereocenters. The maximum atomic E-state index is 13.2. The zero-order valence-corrected chi connectivity index (χ0v) is 18.5. The van der Waals surface area contributed by atoms with Gasteiger partial charge < -0.3 is 19.8 Å². The van der Waals surface area contributed by atoms with Crippen molar-refractivity contribution in [1.82, 2.24) is 4.98 Å². The Morgan fingerprint density at radius 2 is 1.74 bits per heavy atom. The van der Waals surface area contributed by atoms with Crippen molar-refractivity contribution in [3.63, 3.8) is 0 Å². The van der Waals surface area contributed by atoms with Crippen LogP contribution in [0.15, 0.2) is 72.9 Å². The minimum Gasteiger partial charge on any atom is -0.493 e. The summed E-state index contributed by atoms with van der Waals surface area (Å²) in [6.45, 7) is 9.04. The fraction of sp³-hybridized carbons (Fsp3) is 0.138. The molecule has 3 aliphatic heterocycles. The first-order chi connectivity index (χ1) is 16.6. The first-order valence-corrected chi connectivity index (χ1v) is 11.5. The van der Waals surface area contributed by atoms with Crippen LogP contribution in [0.3, 0.4) is 0 Å². The lowest BCUT2D eigenvalue weighted by Gasteiger charge is -2.22. The minimum absolute atomic E-state index is 0.185. The van der Waals surface area contributed by atoms with Gasteiger partial charge in [-0.05, 0) is 35.4 Å². The van der Waals surface area contributed by atoms with Gasteiger partial charge in [0.05, 0.1) is 12.5 Å². The van der Waals surface area contributed by atoms with Crippen LogP contribution in [0, 0.1) is 0 Å². The Hall–Kier alpha value is -4.25. The van der Waals surface area contributed by atoms with E-state index in [0.29, 0.717) is 12.4 Å². The number of aromatic amines is 1. The van der Waals surface area contributed by atoms with Crippen molar-refractivity contribution in [2.75, 3.05) is 11.9 Å². The number of H-pyrrole nitrogens is 1. The first-order valence-electron chi connectivity index (χ1n) is 11.5. The van der Waals surface area contributed by atoms with Gasteiger partial charge in [-0.15, -0.1) is 0 Å². The summed E-state index contributed by atoms with van der Waals surface area (Å²) in [6, 6.07) is 20.2. The van der Waals surface area contributed by atoms with Gasteiger partial charge in [0.25, 0.3) is 0 Å². The molecule has 2 N–H and O–H groups in total. The summed E-state index contributed by atoms with van der Waals surface area (Å²) in [5.74, 6) is 0.468. The van der Waals surface area contributed by atoms with Crippen molar-refractivity contribution >= 4 is 34.7 Å². The molecule has 4 aromatic rings. The van der Waals surface area contributed by atoms with Gasteiger partial charge >= 0.3 is 5.97 Å². The molecular formula is C29H22N2O3. The number of allylic oxidation sites excluding steroid dienone is 1. The van der Waals surface area contributed by atoms with Crippen molar-refractivity contribution in [2.45, 2.75) is 18.3 Å². The molecule has 4 heterocycles. The van der Waals surface area contributed by atoms with Gasteiger partial charge in [-0.25, -0.2) is 0 Å². The number of nitrogens with one attached hydrogen (secondary N) is 2. The molecular weight excluding hydrogens is 424 g/mol. The standard InChI is InChI=1S/C29H22N2O3/c1-15-26(18-7-3-5-9-22(18)30-15)17-11-12-33-24-14-21-25(13-20(17)24)34-29(32)28(21)27-16(2)31-23-10-6-4-8-19(23)27/h3-10,13-14,27-28,30-31H,1-2,11-12H2/b26-17-. The van der Waals surface area contributed by atoms with Crippen LogP contribution in [0.25, 0.3) is 23.1 Å². The Morgan fingerprint density at radius 3 is 2.65 bits per heavy atom. The van der Waals surface area contributed by atoms with Crippen LogP contribution >= 0.6 is 0 Å². The van der Waals surface area contributed by atoms with Crippen molar-refractivity contribution in [3.05, 3.63) is 100 Å². The van der Waals surface area contributed by atoms with Gasteiger partial charge in [-0.2, -0.15) is 0 Å². The molecule has 3 aliphatic rings. The average molecular weight is 447 g/mol.